The van der Waals surface area contributed by atoms with Gasteiger partial charge in [-0.1, -0.05) is 0 Å². The van der Waals surface area contributed by atoms with E-state index in [1.165, 1.54) is 61.4 Å². The Kier molecular flexibility index (Phi) is 30.4. The molecule has 6 aromatic rings. The van der Waals surface area contributed by atoms with Gasteiger partial charge in [-0.25, -0.2) is 28.8 Å². The fourth-order valence-corrected chi connectivity index (χ4v) is 13.1. The smallest absolute Gasteiger partial charge is 0.340 e. The maximum Gasteiger partial charge on any atom is 0.340 e. The van der Waals surface area contributed by atoms with Gasteiger partial charge in [0.1, 0.15) is 13.2 Å². The minimum Gasteiger partial charge on any atom is -0.458 e. The van der Waals surface area contributed by atoms with E-state index in [0.29, 0.717) is 191 Å². The zero-order valence-electron chi connectivity index (χ0n) is 61.3. The first-order valence-electron chi connectivity index (χ1n) is 37.7. The Morgan fingerprint density at radius 3 is 0.639 bits per heavy atom. The summed E-state index contributed by atoms with van der Waals surface area (Å²) in [6, 6.07) is 19.4. The Morgan fingerprint density at radius 1 is 0.269 bits per heavy atom. The molecule has 6 aliphatic heterocycles. The van der Waals surface area contributed by atoms with E-state index in [0.717, 1.165) is 78.5 Å². The maximum absolute atomic E-state index is 15.4. The Morgan fingerprint density at radius 2 is 0.454 bits per heavy atom. The molecule has 0 unspecified atom stereocenters. The lowest BCUT2D eigenvalue weighted by Gasteiger charge is -2.35. The molecular formula is C78H98N12O18. The fourth-order valence-electron chi connectivity index (χ4n) is 13.1. The number of pyridine rings is 6. The van der Waals surface area contributed by atoms with Crippen molar-refractivity contribution in [3.8, 4) is 0 Å². The first-order chi connectivity index (χ1) is 53.0. The topological polar surface area (TPSA) is 310 Å². The van der Waals surface area contributed by atoms with E-state index in [1.54, 1.807) is 48.5 Å². The van der Waals surface area contributed by atoms with Crippen LogP contribution in [0.3, 0.4) is 0 Å². The first kappa shape index (κ1) is 78.8. The summed E-state index contributed by atoms with van der Waals surface area (Å²) in [6.45, 7) is 18.9. The average molecular weight is 1490 g/mol. The van der Waals surface area contributed by atoms with Crippen molar-refractivity contribution in [1.82, 2.24) is 59.3 Å². The summed E-state index contributed by atoms with van der Waals surface area (Å²) in [7, 11) is 0. The van der Waals surface area contributed by atoms with Crippen molar-refractivity contribution in [2.45, 2.75) is 62.9 Å². The van der Waals surface area contributed by atoms with E-state index in [4.69, 9.17) is 56.8 Å². The summed E-state index contributed by atoms with van der Waals surface area (Å²) in [5, 5.41) is 0. The molecule has 0 saturated carbocycles. The third-order valence-electron chi connectivity index (χ3n) is 19.9. The molecule has 4 atom stereocenters. The molecule has 6 fully saturated rings. The Labute approximate surface area is 628 Å². The molecule has 30 nitrogen and oxygen atoms in total. The van der Waals surface area contributed by atoms with Crippen LogP contribution in [0.15, 0.2) is 110 Å². The summed E-state index contributed by atoms with van der Waals surface area (Å²) < 4.78 is 71.7. The highest BCUT2D eigenvalue weighted by Crippen LogP contribution is 2.26. The van der Waals surface area contributed by atoms with Crippen LogP contribution >= 0.6 is 0 Å². The Balaban J connectivity index is 0.913. The van der Waals surface area contributed by atoms with Crippen molar-refractivity contribution in [3.63, 3.8) is 0 Å². The lowest BCUT2D eigenvalue weighted by Crippen LogP contribution is -2.54. The van der Waals surface area contributed by atoms with E-state index in [-0.39, 0.29) is 33.4 Å². The first-order valence-corrected chi connectivity index (χ1v) is 37.7. The van der Waals surface area contributed by atoms with Crippen LogP contribution in [0.4, 0.5) is 0 Å². The second kappa shape index (κ2) is 41.7. The predicted octanol–water partition coefficient (Wildman–Crippen LogP) is 3.22. The quantitative estimate of drug-likeness (QED) is 0.0407. The van der Waals surface area contributed by atoms with Crippen LogP contribution in [0.5, 0.6) is 0 Å². The van der Waals surface area contributed by atoms with Crippen LogP contribution in [0.25, 0.3) is 0 Å². The SMILES string of the molecule is O=C(OC[C@H](OC(=O)c1ccc(CCN2CCOCC2)nc1)[C@@H](OC(=O)c1ccc(CCN2CCOCC2)nc1)[C@H](OC(=O)c1ccc(CCN2CCOCC2)nc1)[C@@H](COC(=O)c1ccc(CCN2CCOCC2)nc1)OC(=O)c1ccc(CCN2CCOCC2)nc1)c1ccc(CCN2CCOCC2)nc1. The number of carbonyl (C=O) groups is 6. The molecule has 30 heteroatoms. The van der Waals surface area contributed by atoms with E-state index >= 15 is 19.2 Å². The van der Waals surface area contributed by atoms with Crippen LogP contribution < -0.4 is 0 Å². The second-order valence-corrected chi connectivity index (χ2v) is 27.3. The van der Waals surface area contributed by atoms with Crippen LogP contribution in [0.1, 0.15) is 96.3 Å². The molecule has 0 bridgehead atoms. The molecule has 0 spiro atoms. The van der Waals surface area contributed by atoms with Gasteiger partial charge in [-0.15, -0.1) is 0 Å². The molecule has 6 aromatic heterocycles. The normalized spacial score (nSPS) is 18.6. The minimum absolute atomic E-state index is 0.0170. The number of aromatic nitrogens is 6. The Hall–Kier alpha value is -8.76. The lowest BCUT2D eigenvalue weighted by molar-refractivity contribution is -0.138. The lowest BCUT2D eigenvalue weighted by atomic mass is 10.0. The van der Waals surface area contributed by atoms with Crippen molar-refractivity contribution in [3.05, 3.63) is 178 Å². The molecular weight excluding hydrogens is 1390 g/mol. The number of ether oxygens (including phenoxy) is 12. The van der Waals surface area contributed by atoms with Gasteiger partial charge in [0.2, 0.25) is 0 Å². The molecule has 0 aliphatic carbocycles. The molecule has 578 valence electrons. The highest BCUT2D eigenvalue weighted by molar-refractivity contribution is 5.92. The highest BCUT2D eigenvalue weighted by Gasteiger charge is 2.47. The van der Waals surface area contributed by atoms with Gasteiger partial charge in [0.15, 0.2) is 24.4 Å². The van der Waals surface area contributed by atoms with Gasteiger partial charge < -0.3 is 56.8 Å². The van der Waals surface area contributed by atoms with Gasteiger partial charge in [0.25, 0.3) is 0 Å². The number of morpholine rings is 6. The molecule has 108 heavy (non-hydrogen) atoms. The maximum atomic E-state index is 15.4. The molecule has 0 N–H and O–H groups in total. The van der Waals surface area contributed by atoms with E-state index in [9.17, 15) is 9.59 Å². The van der Waals surface area contributed by atoms with Gasteiger partial charge in [0, 0.05) is 228 Å². The van der Waals surface area contributed by atoms with Crippen molar-refractivity contribution in [2.24, 2.45) is 0 Å². The van der Waals surface area contributed by atoms with Crippen molar-refractivity contribution in [2.75, 3.05) is 210 Å². The predicted molar refractivity (Wildman–Crippen MR) is 389 cm³/mol. The van der Waals surface area contributed by atoms with Crippen LogP contribution in [0.2, 0.25) is 0 Å². The monoisotopic (exact) mass is 1490 g/mol. The molecule has 0 radical (unpaired) electrons. The fraction of sp³-hybridized carbons (Fsp3) is 0.538. The Bertz CT molecular complexity index is 3530. The molecule has 6 saturated heterocycles. The van der Waals surface area contributed by atoms with E-state index in [1.807, 2.05) is 0 Å². The summed E-state index contributed by atoms with van der Waals surface area (Å²) >= 11 is 0. The molecule has 0 aromatic carbocycles. The number of carbonyl (C=O) groups excluding carboxylic acids is 6. The third-order valence-corrected chi connectivity index (χ3v) is 19.9. The van der Waals surface area contributed by atoms with Gasteiger partial charge in [-0.05, 0) is 72.8 Å². The molecule has 12 heterocycles. The number of rotatable bonds is 35. The number of nitrogens with zero attached hydrogens (tertiary/aromatic N) is 12. The standard InChI is InChI=1S/C78H98N12O18/c91-73(57-1-7-63(79-49-57)13-19-85-25-37-97-38-26-85)103-55-69(105-75(93)59-3-9-65(81-51-59)15-21-87-29-41-99-42-30-87)71(107-77(95)61-5-11-67(83-53-61)17-23-89-33-45-101-46-34-89)72(108-78(96)62-6-12-68(84-54-62)18-24-90-35-47-102-48-36-90)70(106-76(94)60-4-10-66(82-52-60)16-22-88-31-43-100-44-32-88)56-104-74(92)58-2-8-64(80-50-58)14-20-86-27-39-98-40-28-86/h1-12,49-54,69-72H,13-48,55-56H2/t69-,70+,71-,72-/m1/s1. The minimum atomic E-state index is -2.13. The number of esters is 6. The summed E-state index contributed by atoms with van der Waals surface area (Å²) in [6.07, 6.45) is 3.21. The molecule has 6 aliphatic rings. The van der Waals surface area contributed by atoms with Gasteiger partial charge in [0.05, 0.1) is 113 Å². The summed E-state index contributed by atoms with van der Waals surface area (Å²) in [5.74, 6) is -6.11. The van der Waals surface area contributed by atoms with Crippen molar-refractivity contribution < 1.29 is 85.6 Å². The third kappa shape index (κ3) is 24.6. The molecule has 0 amide bonds. The summed E-state index contributed by atoms with van der Waals surface area (Å²) in [5.41, 5.74) is 3.80. The number of hydrogen-bond donors (Lipinski definition) is 0. The van der Waals surface area contributed by atoms with Gasteiger partial charge >= 0.3 is 35.8 Å². The van der Waals surface area contributed by atoms with E-state index in [2.05, 4.69) is 59.3 Å². The zero-order valence-corrected chi connectivity index (χ0v) is 61.3. The summed E-state index contributed by atoms with van der Waals surface area (Å²) in [4.78, 5) is 131. The van der Waals surface area contributed by atoms with E-state index < -0.39 is 73.4 Å². The van der Waals surface area contributed by atoms with Crippen molar-refractivity contribution in [1.29, 1.82) is 0 Å². The molecule has 12 rings (SSSR count). The van der Waals surface area contributed by atoms with Crippen molar-refractivity contribution >= 4 is 35.8 Å². The van der Waals surface area contributed by atoms with Crippen LogP contribution in [-0.2, 0) is 95.4 Å². The zero-order chi connectivity index (χ0) is 74.5. The number of hydrogen-bond acceptors (Lipinski definition) is 30. The highest BCUT2D eigenvalue weighted by atomic mass is 16.6. The second-order valence-electron chi connectivity index (χ2n) is 27.3. The largest absolute Gasteiger partial charge is 0.458 e. The van der Waals surface area contributed by atoms with Gasteiger partial charge in [-0.2, -0.15) is 0 Å². The van der Waals surface area contributed by atoms with Crippen LogP contribution in [0, 0.1) is 0 Å². The van der Waals surface area contributed by atoms with Crippen LogP contribution in [-0.4, -0.2) is 330 Å². The van der Waals surface area contributed by atoms with Gasteiger partial charge in [-0.3, -0.25) is 59.3 Å². The average Bonchev–Trinajstić information content (AvgIpc) is 0.801.